The summed E-state index contributed by atoms with van der Waals surface area (Å²) >= 11 is 0. The summed E-state index contributed by atoms with van der Waals surface area (Å²) in [5.74, 6) is -0.196. The van der Waals surface area contributed by atoms with Crippen molar-refractivity contribution in [3.8, 4) is 5.75 Å². The van der Waals surface area contributed by atoms with E-state index in [1.54, 1.807) is 23.1 Å². The molecule has 0 aliphatic carbocycles. The second-order valence-electron chi connectivity index (χ2n) is 5.99. The van der Waals surface area contributed by atoms with Crippen molar-refractivity contribution in [3.63, 3.8) is 0 Å². The molecule has 1 saturated heterocycles. The Balaban J connectivity index is 1.63. The number of nitrogens with zero attached hydrogens (tertiary/aromatic N) is 1. The van der Waals surface area contributed by atoms with Crippen LogP contribution in [0.15, 0.2) is 48.5 Å². The van der Waals surface area contributed by atoms with Crippen molar-refractivity contribution >= 4 is 5.91 Å². The lowest BCUT2D eigenvalue weighted by molar-refractivity contribution is -0.138. The summed E-state index contributed by atoms with van der Waals surface area (Å²) in [4.78, 5) is 13.8. The lowest BCUT2D eigenvalue weighted by Crippen LogP contribution is -2.50. The number of hydrogen-bond acceptors (Lipinski definition) is 2. The van der Waals surface area contributed by atoms with Crippen molar-refractivity contribution in [2.45, 2.75) is 12.6 Å². The van der Waals surface area contributed by atoms with E-state index in [9.17, 15) is 23.1 Å². The highest BCUT2D eigenvalue weighted by Gasteiger charge is 2.36. The van der Waals surface area contributed by atoms with Crippen LogP contribution in [0.4, 0.5) is 13.2 Å². The molecule has 2 aromatic carbocycles. The maximum atomic E-state index is 13.0. The number of phenols is 1. The first kappa shape index (κ1) is 16.4. The number of phenolic OH excluding ortho intramolecular Hbond substituents is 1. The van der Waals surface area contributed by atoms with Gasteiger partial charge in [0, 0.05) is 18.7 Å². The number of carbonyl (C=O) groups is 1. The average Bonchev–Trinajstić information content (AvgIpc) is 2.49. The smallest absolute Gasteiger partial charge is 0.416 e. The van der Waals surface area contributed by atoms with Gasteiger partial charge in [0.25, 0.3) is 5.91 Å². The second kappa shape index (κ2) is 6.19. The molecule has 0 aromatic heterocycles. The molecule has 126 valence electrons. The zero-order valence-electron chi connectivity index (χ0n) is 12.8. The van der Waals surface area contributed by atoms with Gasteiger partial charge in [0.05, 0.1) is 5.56 Å². The van der Waals surface area contributed by atoms with Gasteiger partial charge in [0.2, 0.25) is 0 Å². The highest BCUT2D eigenvalue weighted by molar-refractivity contribution is 5.95. The van der Waals surface area contributed by atoms with Crippen LogP contribution in [-0.4, -0.2) is 29.0 Å². The Morgan fingerprint density at radius 2 is 1.83 bits per heavy atom. The first-order valence-corrected chi connectivity index (χ1v) is 7.58. The Morgan fingerprint density at radius 1 is 1.12 bits per heavy atom. The first-order chi connectivity index (χ1) is 11.3. The Bertz CT molecular complexity index is 752. The number of hydrogen-bond donors (Lipinski definition) is 1. The predicted molar refractivity (Wildman–Crippen MR) is 82.6 cm³/mol. The summed E-state index contributed by atoms with van der Waals surface area (Å²) in [5, 5.41) is 9.41. The van der Waals surface area contributed by atoms with Gasteiger partial charge in [-0.1, -0.05) is 24.3 Å². The summed E-state index contributed by atoms with van der Waals surface area (Å²) < 4.78 is 39.0. The first-order valence-electron chi connectivity index (χ1n) is 7.58. The van der Waals surface area contributed by atoms with Crippen LogP contribution in [0.5, 0.6) is 5.75 Å². The Kier molecular flexibility index (Phi) is 4.22. The minimum atomic E-state index is -4.36. The van der Waals surface area contributed by atoms with Crippen LogP contribution in [-0.2, 0) is 12.6 Å². The summed E-state index contributed by atoms with van der Waals surface area (Å²) in [6.45, 7) is 0.835. The molecule has 0 unspecified atom stereocenters. The minimum absolute atomic E-state index is 0.00904. The van der Waals surface area contributed by atoms with Crippen molar-refractivity contribution in [2.75, 3.05) is 13.1 Å². The molecule has 0 saturated carbocycles. The number of rotatable bonds is 3. The molecule has 1 amide bonds. The number of aromatic hydroxyl groups is 1. The normalized spacial score (nSPS) is 15.2. The molecule has 2 aromatic rings. The van der Waals surface area contributed by atoms with Crippen LogP contribution < -0.4 is 0 Å². The maximum absolute atomic E-state index is 13.0. The van der Waals surface area contributed by atoms with Crippen molar-refractivity contribution < 1.29 is 23.1 Å². The summed E-state index contributed by atoms with van der Waals surface area (Å²) in [7, 11) is 0. The molecule has 1 fully saturated rings. The second-order valence-corrected chi connectivity index (χ2v) is 5.99. The standard InChI is InChI=1S/C18H16F3NO2/c19-18(20,21)16-7-2-1-4-13(16)8-12-10-22(11-12)17(24)14-5-3-6-15(23)9-14/h1-7,9,12,23H,8,10-11H2. The number of halogens is 3. The van der Waals surface area contributed by atoms with E-state index in [0.717, 1.165) is 6.07 Å². The van der Waals surface area contributed by atoms with Gasteiger partial charge in [-0.3, -0.25) is 4.79 Å². The third kappa shape index (κ3) is 3.37. The number of alkyl halides is 3. The fourth-order valence-electron chi connectivity index (χ4n) is 2.97. The van der Waals surface area contributed by atoms with E-state index in [4.69, 9.17) is 0 Å². The SMILES string of the molecule is O=C(c1cccc(O)c1)N1CC(Cc2ccccc2C(F)(F)F)C1. The van der Waals surface area contributed by atoms with Gasteiger partial charge >= 0.3 is 6.18 Å². The Hall–Kier alpha value is -2.50. The van der Waals surface area contributed by atoms with Crippen LogP contribution >= 0.6 is 0 Å². The molecular formula is C18H16F3NO2. The number of benzene rings is 2. The quantitative estimate of drug-likeness (QED) is 0.929. The van der Waals surface area contributed by atoms with E-state index in [0.29, 0.717) is 25.1 Å². The predicted octanol–water partition coefficient (Wildman–Crippen LogP) is 3.73. The topological polar surface area (TPSA) is 40.5 Å². The molecular weight excluding hydrogens is 319 g/mol. The molecule has 0 atom stereocenters. The van der Waals surface area contributed by atoms with Crippen LogP contribution in [0, 0.1) is 5.92 Å². The van der Waals surface area contributed by atoms with Crippen LogP contribution in [0.25, 0.3) is 0 Å². The van der Waals surface area contributed by atoms with Crippen LogP contribution in [0.3, 0.4) is 0 Å². The Morgan fingerprint density at radius 3 is 2.50 bits per heavy atom. The molecule has 1 aliphatic rings. The van der Waals surface area contributed by atoms with Crippen LogP contribution in [0.2, 0.25) is 0 Å². The van der Waals surface area contributed by atoms with Crippen molar-refractivity contribution in [1.29, 1.82) is 0 Å². The van der Waals surface area contributed by atoms with Gasteiger partial charge in [-0.25, -0.2) is 0 Å². The summed E-state index contributed by atoms with van der Waals surface area (Å²) in [6, 6.07) is 11.6. The molecule has 1 heterocycles. The van der Waals surface area contributed by atoms with Gasteiger partial charge in [0.1, 0.15) is 5.75 Å². The van der Waals surface area contributed by atoms with E-state index < -0.39 is 11.7 Å². The lowest BCUT2D eigenvalue weighted by atomic mass is 9.89. The highest BCUT2D eigenvalue weighted by Crippen LogP contribution is 2.34. The number of carbonyl (C=O) groups excluding carboxylic acids is 1. The van der Waals surface area contributed by atoms with Gasteiger partial charge in [0.15, 0.2) is 0 Å². The monoisotopic (exact) mass is 335 g/mol. The van der Waals surface area contributed by atoms with Gasteiger partial charge in [-0.2, -0.15) is 13.2 Å². The van der Waals surface area contributed by atoms with E-state index in [-0.39, 0.29) is 23.1 Å². The summed E-state index contributed by atoms with van der Waals surface area (Å²) in [6.07, 6.45) is -4.07. The fraction of sp³-hybridized carbons (Fsp3) is 0.278. The highest BCUT2D eigenvalue weighted by atomic mass is 19.4. The van der Waals surface area contributed by atoms with Crippen LogP contribution in [0.1, 0.15) is 21.5 Å². The Labute approximate surface area is 137 Å². The molecule has 0 spiro atoms. The van der Waals surface area contributed by atoms with Gasteiger partial charge < -0.3 is 10.0 Å². The molecule has 3 rings (SSSR count). The maximum Gasteiger partial charge on any atom is 0.416 e. The molecule has 6 heteroatoms. The molecule has 3 nitrogen and oxygen atoms in total. The number of amides is 1. The zero-order valence-corrected chi connectivity index (χ0v) is 12.8. The van der Waals surface area contributed by atoms with Gasteiger partial charge in [-0.05, 0) is 42.2 Å². The fourth-order valence-corrected chi connectivity index (χ4v) is 2.97. The number of likely N-dealkylation sites (tertiary alicyclic amines) is 1. The summed E-state index contributed by atoms with van der Waals surface area (Å²) in [5.41, 5.74) is 0.0337. The lowest BCUT2D eigenvalue weighted by Gasteiger charge is -2.39. The third-order valence-corrected chi connectivity index (χ3v) is 4.17. The van der Waals surface area contributed by atoms with Crippen molar-refractivity contribution in [1.82, 2.24) is 4.90 Å². The zero-order chi connectivity index (χ0) is 17.3. The van der Waals surface area contributed by atoms with E-state index in [2.05, 4.69) is 0 Å². The molecule has 24 heavy (non-hydrogen) atoms. The van der Waals surface area contributed by atoms with E-state index in [1.165, 1.54) is 24.3 Å². The van der Waals surface area contributed by atoms with Crippen molar-refractivity contribution in [2.24, 2.45) is 5.92 Å². The molecule has 1 N–H and O–H groups in total. The largest absolute Gasteiger partial charge is 0.508 e. The minimum Gasteiger partial charge on any atom is -0.508 e. The average molecular weight is 335 g/mol. The molecule has 1 aliphatic heterocycles. The molecule has 0 bridgehead atoms. The van der Waals surface area contributed by atoms with E-state index in [1.807, 2.05) is 0 Å². The third-order valence-electron chi connectivity index (χ3n) is 4.17. The van der Waals surface area contributed by atoms with Gasteiger partial charge in [-0.15, -0.1) is 0 Å². The van der Waals surface area contributed by atoms with Crippen molar-refractivity contribution in [3.05, 3.63) is 65.2 Å². The van der Waals surface area contributed by atoms with E-state index >= 15 is 0 Å². The molecule has 0 radical (unpaired) electrons.